The Morgan fingerprint density at radius 1 is 1.04 bits per heavy atom. The summed E-state index contributed by atoms with van der Waals surface area (Å²) in [4.78, 5) is 4.51. The number of hydrogen-bond acceptors (Lipinski definition) is 5. The van der Waals surface area contributed by atoms with E-state index in [2.05, 4.69) is 10.1 Å². The molecule has 1 fully saturated rings. The molecular formula is C18H15ClFN3O3S. The Hall–Kier alpha value is -2.29. The van der Waals surface area contributed by atoms with Crippen molar-refractivity contribution in [3.8, 4) is 22.8 Å². The van der Waals surface area contributed by atoms with Crippen molar-refractivity contribution in [2.24, 2.45) is 0 Å². The highest BCUT2D eigenvalue weighted by atomic mass is 35.5. The van der Waals surface area contributed by atoms with Crippen molar-refractivity contribution < 1.29 is 17.3 Å². The van der Waals surface area contributed by atoms with Gasteiger partial charge in [0.15, 0.2) is 0 Å². The lowest BCUT2D eigenvalue weighted by Gasteiger charge is -2.15. The minimum absolute atomic E-state index is 0.0382. The van der Waals surface area contributed by atoms with E-state index in [-0.39, 0.29) is 15.8 Å². The Bertz CT molecular complexity index is 1080. The predicted octanol–water partition coefficient (Wildman–Crippen LogP) is 3.98. The van der Waals surface area contributed by atoms with E-state index in [9.17, 15) is 12.8 Å². The molecule has 0 saturated carbocycles. The Morgan fingerprint density at radius 2 is 1.70 bits per heavy atom. The second-order valence-electron chi connectivity index (χ2n) is 6.19. The normalized spacial score (nSPS) is 15.3. The van der Waals surface area contributed by atoms with E-state index < -0.39 is 15.8 Å². The summed E-state index contributed by atoms with van der Waals surface area (Å²) in [5, 5.41) is 3.86. The van der Waals surface area contributed by atoms with Crippen LogP contribution in [0.15, 0.2) is 51.9 Å². The summed E-state index contributed by atoms with van der Waals surface area (Å²) in [6.45, 7) is 1.11. The van der Waals surface area contributed by atoms with Crippen molar-refractivity contribution in [3.63, 3.8) is 0 Å². The van der Waals surface area contributed by atoms with Gasteiger partial charge in [-0.25, -0.2) is 12.8 Å². The highest BCUT2D eigenvalue weighted by Crippen LogP contribution is 2.27. The van der Waals surface area contributed by atoms with E-state index in [4.69, 9.17) is 16.1 Å². The standard InChI is InChI=1S/C18H15ClFN3O3S/c19-15-11-13(5-8-16(15)20)18-21-17(22-26-18)12-3-6-14(7-4-12)27(24,25)23-9-1-2-10-23/h3-8,11H,1-2,9-10H2. The molecule has 0 spiro atoms. The number of nitrogens with zero attached hydrogens (tertiary/aromatic N) is 3. The zero-order valence-electron chi connectivity index (χ0n) is 14.1. The largest absolute Gasteiger partial charge is 0.334 e. The van der Waals surface area contributed by atoms with Crippen molar-refractivity contribution in [2.45, 2.75) is 17.7 Å². The van der Waals surface area contributed by atoms with Gasteiger partial charge in [0.2, 0.25) is 15.8 Å². The fourth-order valence-electron chi connectivity index (χ4n) is 2.94. The molecule has 0 amide bonds. The third-order valence-electron chi connectivity index (χ3n) is 4.41. The van der Waals surface area contributed by atoms with Crippen LogP contribution in [-0.4, -0.2) is 36.0 Å². The zero-order valence-corrected chi connectivity index (χ0v) is 15.7. The maximum atomic E-state index is 13.3. The number of rotatable bonds is 4. The molecule has 27 heavy (non-hydrogen) atoms. The maximum Gasteiger partial charge on any atom is 0.258 e. The van der Waals surface area contributed by atoms with Crippen LogP contribution in [0.5, 0.6) is 0 Å². The van der Waals surface area contributed by atoms with Gasteiger partial charge < -0.3 is 4.52 Å². The van der Waals surface area contributed by atoms with Gasteiger partial charge in [0.1, 0.15) is 5.82 Å². The summed E-state index contributed by atoms with van der Waals surface area (Å²) in [6.07, 6.45) is 1.77. The molecule has 0 N–H and O–H groups in total. The van der Waals surface area contributed by atoms with Crippen LogP contribution in [-0.2, 0) is 10.0 Å². The molecule has 3 aromatic rings. The average Bonchev–Trinajstić information content (AvgIpc) is 3.36. The fourth-order valence-corrected chi connectivity index (χ4v) is 4.64. The molecule has 0 radical (unpaired) electrons. The van der Waals surface area contributed by atoms with Crippen molar-refractivity contribution >= 4 is 21.6 Å². The second kappa shape index (κ2) is 7.03. The molecular weight excluding hydrogens is 393 g/mol. The summed E-state index contributed by atoms with van der Waals surface area (Å²) in [6, 6.07) is 10.5. The van der Waals surface area contributed by atoms with Gasteiger partial charge >= 0.3 is 0 Å². The Morgan fingerprint density at radius 3 is 2.37 bits per heavy atom. The molecule has 0 atom stereocenters. The third-order valence-corrected chi connectivity index (χ3v) is 6.61. The van der Waals surface area contributed by atoms with Crippen LogP contribution in [0.3, 0.4) is 0 Å². The summed E-state index contributed by atoms with van der Waals surface area (Å²) >= 11 is 5.78. The molecule has 140 valence electrons. The van der Waals surface area contributed by atoms with Gasteiger partial charge in [-0.1, -0.05) is 16.8 Å². The molecule has 0 unspecified atom stereocenters. The van der Waals surface area contributed by atoms with E-state index in [0.29, 0.717) is 30.0 Å². The van der Waals surface area contributed by atoms with Gasteiger partial charge in [-0.3, -0.25) is 0 Å². The van der Waals surface area contributed by atoms with Gasteiger partial charge in [-0.15, -0.1) is 0 Å². The predicted molar refractivity (Wildman–Crippen MR) is 98.1 cm³/mol. The van der Waals surface area contributed by atoms with Crippen molar-refractivity contribution in [3.05, 3.63) is 53.3 Å². The molecule has 0 aliphatic carbocycles. The molecule has 1 aliphatic heterocycles. The number of halogens is 2. The number of benzene rings is 2. The van der Waals surface area contributed by atoms with Crippen LogP contribution in [0, 0.1) is 5.82 Å². The quantitative estimate of drug-likeness (QED) is 0.653. The molecule has 6 nitrogen and oxygen atoms in total. The minimum Gasteiger partial charge on any atom is -0.334 e. The third kappa shape index (κ3) is 3.47. The van der Waals surface area contributed by atoms with Gasteiger partial charge in [0.05, 0.1) is 9.92 Å². The summed E-state index contributed by atoms with van der Waals surface area (Å²) in [7, 11) is -3.47. The lowest BCUT2D eigenvalue weighted by molar-refractivity contribution is 0.432. The SMILES string of the molecule is O=S(=O)(c1ccc(-c2noc(-c3ccc(F)c(Cl)c3)n2)cc1)N1CCCC1. The number of aromatic nitrogens is 2. The maximum absolute atomic E-state index is 13.3. The Labute approximate surface area is 160 Å². The van der Waals surface area contributed by atoms with Gasteiger partial charge in [-0.2, -0.15) is 9.29 Å². The van der Waals surface area contributed by atoms with E-state index >= 15 is 0 Å². The first-order valence-electron chi connectivity index (χ1n) is 8.35. The van der Waals surface area contributed by atoms with E-state index in [0.717, 1.165) is 12.8 Å². The second-order valence-corrected chi connectivity index (χ2v) is 8.53. The number of sulfonamides is 1. The van der Waals surface area contributed by atoms with Gasteiger partial charge in [-0.05, 0) is 55.3 Å². The molecule has 4 rings (SSSR count). The van der Waals surface area contributed by atoms with Crippen LogP contribution in [0.4, 0.5) is 4.39 Å². The summed E-state index contributed by atoms with van der Waals surface area (Å²) < 4.78 is 45.1. The summed E-state index contributed by atoms with van der Waals surface area (Å²) in [5.74, 6) is -0.0359. The van der Waals surface area contributed by atoms with Crippen LogP contribution in [0.25, 0.3) is 22.8 Å². The van der Waals surface area contributed by atoms with Crippen LogP contribution < -0.4 is 0 Å². The highest BCUT2D eigenvalue weighted by Gasteiger charge is 2.27. The highest BCUT2D eigenvalue weighted by molar-refractivity contribution is 7.89. The summed E-state index contributed by atoms with van der Waals surface area (Å²) in [5.41, 5.74) is 1.10. The topological polar surface area (TPSA) is 76.3 Å². The fraction of sp³-hybridized carbons (Fsp3) is 0.222. The average molecular weight is 408 g/mol. The van der Waals surface area contributed by atoms with Gasteiger partial charge in [0.25, 0.3) is 5.89 Å². The molecule has 9 heteroatoms. The lowest BCUT2D eigenvalue weighted by Crippen LogP contribution is -2.27. The smallest absolute Gasteiger partial charge is 0.258 e. The van der Waals surface area contributed by atoms with Crippen molar-refractivity contribution in [1.82, 2.24) is 14.4 Å². The molecule has 1 aliphatic rings. The minimum atomic E-state index is -3.47. The molecule has 0 bridgehead atoms. The molecule has 1 saturated heterocycles. The Kier molecular flexibility index (Phi) is 4.71. The monoisotopic (exact) mass is 407 g/mol. The molecule has 2 heterocycles. The number of hydrogen-bond donors (Lipinski definition) is 0. The van der Waals surface area contributed by atoms with Crippen molar-refractivity contribution in [2.75, 3.05) is 13.1 Å². The van der Waals surface area contributed by atoms with Crippen LogP contribution in [0.1, 0.15) is 12.8 Å². The van der Waals surface area contributed by atoms with E-state index in [1.165, 1.54) is 34.6 Å². The Balaban J connectivity index is 1.59. The van der Waals surface area contributed by atoms with E-state index in [1.807, 2.05) is 0 Å². The lowest BCUT2D eigenvalue weighted by atomic mass is 10.2. The van der Waals surface area contributed by atoms with Crippen molar-refractivity contribution in [1.29, 1.82) is 0 Å². The van der Waals surface area contributed by atoms with E-state index in [1.54, 1.807) is 12.1 Å². The van der Waals surface area contributed by atoms with Crippen LogP contribution >= 0.6 is 11.6 Å². The molecule has 2 aromatic carbocycles. The first kappa shape index (κ1) is 18.1. The van der Waals surface area contributed by atoms with Gasteiger partial charge in [0, 0.05) is 24.2 Å². The first-order valence-corrected chi connectivity index (χ1v) is 10.2. The zero-order chi connectivity index (χ0) is 19.0. The van der Waals surface area contributed by atoms with Crippen LogP contribution in [0.2, 0.25) is 5.02 Å². The first-order chi connectivity index (χ1) is 12.9. The molecule has 1 aromatic heterocycles.